The van der Waals surface area contributed by atoms with Crippen LogP contribution < -0.4 is 5.32 Å². The Labute approximate surface area is 206 Å². The van der Waals surface area contributed by atoms with Crippen LogP contribution in [0.5, 0.6) is 0 Å². The Hall–Kier alpha value is -3.37. The molecule has 0 spiro atoms. The third-order valence-electron chi connectivity index (χ3n) is 6.78. The lowest BCUT2D eigenvalue weighted by molar-refractivity contribution is -0.137. The number of esters is 1. The third-order valence-corrected chi connectivity index (χ3v) is 6.78. The van der Waals surface area contributed by atoms with Crippen LogP contribution in [0.15, 0.2) is 42.5 Å². The number of hydrogen-bond donors (Lipinski definition) is 2. The summed E-state index contributed by atoms with van der Waals surface area (Å²) in [5.41, 5.74) is 0.330. The number of rotatable bonds is 5. The largest absolute Gasteiger partial charge is 0.464 e. The van der Waals surface area contributed by atoms with Gasteiger partial charge in [0.1, 0.15) is 0 Å². The predicted octanol–water partition coefficient (Wildman–Crippen LogP) is 4.21. The standard InChI is InChI=1S/C26H28F3N3O4/c1-16-7-8-20-19(13-16)22(23(31(20)2)24(34)36-3)30-21(33)15-32-11-9-25(35,10-12-32)17-5-4-6-18(14-17)26(27,28)29/h4-8,13-14,35H,9-12,15H2,1-3H3,(H,30,33). The minimum absolute atomic E-state index is 0.00147. The normalized spacial score (nSPS) is 16.2. The first-order valence-corrected chi connectivity index (χ1v) is 11.5. The Morgan fingerprint density at radius 1 is 1.14 bits per heavy atom. The second-order valence-corrected chi connectivity index (χ2v) is 9.23. The molecule has 10 heteroatoms. The van der Waals surface area contributed by atoms with Crippen molar-refractivity contribution in [3.8, 4) is 0 Å². The van der Waals surface area contributed by atoms with Gasteiger partial charge in [-0.3, -0.25) is 9.69 Å². The number of likely N-dealkylation sites (tertiary alicyclic amines) is 1. The van der Waals surface area contributed by atoms with Gasteiger partial charge in [-0.2, -0.15) is 13.2 Å². The van der Waals surface area contributed by atoms with E-state index in [-0.39, 0.29) is 36.6 Å². The summed E-state index contributed by atoms with van der Waals surface area (Å²) in [6, 6.07) is 10.4. The number of anilines is 1. The van der Waals surface area contributed by atoms with E-state index < -0.39 is 23.3 Å². The number of aryl methyl sites for hydroxylation is 2. The molecule has 0 atom stereocenters. The van der Waals surface area contributed by atoms with Crippen molar-refractivity contribution in [2.45, 2.75) is 31.5 Å². The van der Waals surface area contributed by atoms with Crippen LogP contribution in [0.4, 0.5) is 18.9 Å². The van der Waals surface area contributed by atoms with Gasteiger partial charge in [0.05, 0.1) is 36.0 Å². The quantitative estimate of drug-likeness (QED) is 0.510. The molecule has 1 fully saturated rings. The number of benzene rings is 2. The van der Waals surface area contributed by atoms with Crippen LogP contribution in [0.1, 0.15) is 40.0 Å². The number of methoxy groups -OCH3 is 1. The van der Waals surface area contributed by atoms with Crippen LogP contribution in [0.25, 0.3) is 10.9 Å². The summed E-state index contributed by atoms with van der Waals surface area (Å²) < 4.78 is 45.9. The fourth-order valence-electron chi connectivity index (χ4n) is 4.76. The van der Waals surface area contributed by atoms with Crippen molar-refractivity contribution >= 4 is 28.5 Å². The number of aliphatic hydroxyl groups is 1. The Kier molecular flexibility index (Phi) is 6.85. The monoisotopic (exact) mass is 503 g/mol. The molecule has 0 saturated carbocycles. The number of amides is 1. The lowest BCUT2D eigenvalue weighted by Crippen LogP contribution is -2.45. The number of nitrogens with one attached hydrogen (secondary N) is 1. The van der Waals surface area contributed by atoms with E-state index in [2.05, 4.69) is 5.32 Å². The molecular formula is C26H28F3N3O4. The minimum Gasteiger partial charge on any atom is -0.464 e. The van der Waals surface area contributed by atoms with Gasteiger partial charge < -0.3 is 19.7 Å². The number of nitrogens with zero attached hydrogens (tertiary/aromatic N) is 2. The second kappa shape index (κ2) is 9.59. The van der Waals surface area contributed by atoms with Gasteiger partial charge in [-0.1, -0.05) is 23.8 Å². The van der Waals surface area contributed by atoms with Crippen molar-refractivity contribution in [3.63, 3.8) is 0 Å². The minimum atomic E-state index is -4.49. The van der Waals surface area contributed by atoms with Crippen molar-refractivity contribution in [1.29, 1.82) is 0 Å². The molecule has 0 radical (unpaired) electrons. The molecule has 1 aliphatic rings. The highest BCUT2D eigenvalue weighted by Gasteiger charge is 2.37. The molecule has 3 aromatic rings. The summed E-state index contributed by atoms with van der Waals surface area (Å²) in [4.78, 5) is 27.3. The number of halogens is 3. The van der Waals surface area contributed by atoms with E-state index in [0.717, 1.165) is 23.2 Å². The summed E-state index contributed by atoms with van der Waals surface area (Å²) in [6.45, 7) is 2.55. The predicted molar refractivity (Wildman–Crippen MR) is 129 cm³/mol. The van der Waals surface area contributed by atoms with Crippen molar-refractivity contribution in [2.75, 3.05) is 32.1 Å². The highest BCUT2D eigenvalue weighted by atomic mass is 19.4. The van der Waals surface area contributed by atoms with E-state index in [9.17, 15) is 27.9 Å². The molecule has 4 rings (SSSR count). The molecule has 192 valence electrons. The molecule has 1 amide bonds. The van der Waals surface area contributed by atoms with Crippen LogP contribution in [-0.2, 0) is 28.4 Å². The molecule has 0 unspecified atom stereocenters. The summed E-state index contributed by atoms with van der Waals surface area (Å²) in [6.07, 6.45) is -4.13. The van der Waals surface area contributed by atoms with Crippen molar-refractivity contribution in [2.24, 2.45) is 7.05 Å². The molecule has 0 aliphatic carbocycles. The zero-order chi connectivity index (χ0) is 26.3. The number of hydrogen-bond acceptors (Lipinski definition) is 5. The number of aromatic nitrogens is 1. The van der Waals surface area contributed by atoms with E-state index >= 15 is 0 Å². The smallest absolute Gasteiger partial charge is 0.416 e. The fourth-order valence-corrected chi connectivity index (χ4v) is 4.76. The van der Waals surface area contributed by atoms with Crippen molar-refractivity contribution in [1.82, 2.24) is 9.47 Å². The SMILES string of the molecule is COC(=O)c1c(NC(=O)CN2CCC(O)(c3cccc(C(F)(F)F)c3)CC2)c2cc(C)ccc2n1C. The lowest BCUT2D eigenvalue weighted by atomic mass is 9.83. The van der Waals surface area contributed by atoms with Gasteiger partial charge in [-0.25, -0.2) is 4.79 Å². The number of carbonyl (C=O) groups is 2. The molecular weight excluding hydrogens is 475 g/mol. The number of alkyl halides is 3. The number of carbonyl (C=O) groups excluding carboxylic acids is 2. The van der Waals surface area contributed by atoms with Gasteiger partial charge in [-0.05, 0) is 49.6 Å². The molecule has 1 aliphatic heterocycles. The average molecular weight is 504 g/mol. The first-order valence-electron chi connectivity index (χ1n) is 11.5. The molecule has 36 heavy (non-hydrogen) atoms. The van der Waals surface area contributed by atoms with E-state index in [1.165, 1.54) is 19.2 Å². The molecule has 2 N–H and O–H groups in total. The van der Waals surface area contributed by atoms with Gasteiger partial charge in [0.2, 0.25) is 5.91 Å². The van der Waals surface area contributed by atoms with Crippen LogP contribution in [0.2, 0.25) is 0 Å². The lowest BCUT2D eigenvalue weighted by Gasteiger charge is -2.38. The average Bonchev–Trinajstić information content (AvgIpc) is 3.10. The Bertz CT molecular complexity index is 1310. The highest BCUT2D eigenvalue weighted by Crippen LogP contribution is 2.37. The Morgan fingerprint density at radius 3 is 2.47 bits per heavy atom. The van der Waals surface area contributed by atoms with Crippen molar-refractivity contribution in [3.05, 3.63) is 64.8 Å². The van der Waals surface area contributed by atoms with Gasteiger partial charge in [-0.15, -0.1) is 0 Å². The van der Waals surface area contributed by atoms with E-state index in [0.29, 0.717) is 24.2 Å². The topological polar surface area (TPSA) is 83.8 Å². The summed E-state index contributed by atoms with van der Waals surface area (Å²) in [5, 5.41) is 14.6. The maximum atomic E-state index is 13.1. The van der Waals surface area contributed by atoms with Crippen LogP contribution in [0.3, 0.4) is 0 Å². The van der Waals surface area contributed by atoms with Gasteiger partial charge >= 0.3 is 12.1 Å². The maximum absolute atomic E-state index is 13.1. The molecule has 0 bridgehead atoms. The number of piperidine rings is 1. The maximum Gasteiger partial charge on any atom is 0.416 e. The van der Waals surface area contributed by atoms with Crippen LogP contribution >= 0.6 is 0 Å². The Balaban J connectivity index is 1.47. The van der Waals surface area contributed by atoms with Crippen molar-refractivity contribution < 1.29 is 32.6 Å². The Morgan fingerprint density at radius 2 is 1.83 bits per heavy atom. The van der Waals surface area contributed by atoms with Crippen LogP contribution in [-0.4, -0.2) is 53.2 Å². The third kappa shape index (κ3) is 4.96. The van der Waals surface area contributed by atoms with E-state index in [1.807, 2.05) is 30.0 Å². The van der Waals surface area contributed by atoms with E-state index in [1.54, 1.807) is 11.6 Å². The number of ether oxygens (including phenoxy) is 1. The number of fused-ring (bicyclic) bond motifs is 1. The summed E-state index contributed by atoms with van der Waals surface area (Å²) >= 11 is 0. The summed E-state index contributed by atoms with van der Waals surface area (Å²) in [7, 11) is 2.99. The first kappa shape index (κ1) is 25.7. The highest BCUT2D eigenvalue weighted by molar-refractivity contribution is 6.11. The zero-order valence-corrected chi connectivity index (χ0v) is 20.3. The zero-order valence-electron chi connectivity index (χ0n) is 20.3. The van der Waals surface area contributed by atoms with Gasteiger partial charge in [0.15, 0.2) is 5.69 Å². The molecule has 1 aromatic heterocycles. The molecule has 2 aromatic carbocycles. The van der Waals surface area contributed by atoms with Gasteiger partial charge in [0, 0.05) is 25.5 Å². The second-order valence-electron chi connectivity index (χ2n) is 9.23. The summed E-state index contributed by atoms with van der Waals surface area (Å²) in [5.74, 6) is -0.926. The molecule has 7 nitrogen and oxygen atoms in total. The van der Waals surface area contributed by atoms with Gasteiger partial charge in [0.25, 0.3) is 0 Å². The fraction of sp³-hybridized carbons (Fsp3) is 0.385. The first-order chi connectivity index (χ1) is 16.9. The molecule has 2 heterocycles. The van der Waals surface area contributed by atoms with E-state index in [4.69, 9.17) is 4.74 Å². The van der Waals surface area contributed by atoms with Crippen LogP contribution in [0, 0.1) is 6.92 Å². The molecule has 1 saturated heterocycles.